The molecule has 0 saturated carbocycles. The number of rotatable bonds is 2. The fraction of sp³-hybridized carbons (Fsp3) is 0.750. The van der Waals surface area contributed by atoms with E-state index in [4.69, 9.17) is 0 Å². The van der Waals surface area contributed by atoms with Crippen LogP contribution >= 0.6 is 0 Å². The van der Waals surface area contributed by atoms with E-state index in [-0.39, 0.29) is 0 Å². The highest BCUT2D eigenvalue weighted by Gasteiger charge is 2.32. The van der Waals surface area contributed by atoms with Crippen LogP contribution in [0.4, 0.5) is 17.6 Å². The van der Waals surface area contributed by atoms with E-state index >= 15 is 0 Å². The first-order valence-electron chi connectivity index (χ1n) is 2.24. The van der Waals surface area contributed by atoms with Crippen LogP contribution in [0.3, 0.4) is 0 Å². The number of alkyl halides is 4. The van der Waals surface area contributed by atoms with E-state index in [1.165, 1.54) is 0 Å². The summed E-state index contributed by atoms with van der Waals surface area (Å²) < 4.78 is 48.0. The van der Waals surface area contributed by atoms with E-state index < -0.39 is 25.4 Å². The van der Waals surface area contributed by atoms with Gasteiger partial charge in [-0.1, -0.05) is 0 Å². The topological polar surface area (TPSA) is 26.3 Å². The molecule has 0 aromatic rings. The van der Waals surface area contributed by atoms with Crippen molar-refractivity contribution in [2.45, 2.75) is 12.6 Å². The smallest absolute Gasteiger partial charge is 0.399 e. The maximum Gasteiger partial charge on any atom is 0.399 e. The Bertz CT molecular complexity index is 119. The molecule has 0 spiro atoms. The monoisotopic (exact) mass is 160 g/mol. The summed E-state index contributed by atoms with van der Waals surface area (Å²) in [4.78, 5) is 9.88. The zero-order chi connectivity index (χ0) is 8.20. The molecule has 0 aliphatic rings. The van der Waals surface area contributed by atoms with E-state index in [2.05, 4.69) is 4.74 Å². The van der Waals surface area contributed by atoms with Gasteiger partial charge in [0.25, 0.3) is 0 Å². The number of ether oxygens (including phenoxy) is 1. The van der Waals surface area contributed by atoms with Gasteiger partial charge in [0.2, 0.25) is 6.86 Å². The summed E-state index contributed by atoms with van der Waals surface area (Å²) in [6.07, 6.45) is -6.36. The number of halogens is 4. The Labute approximate surface area is 53.8 Å². The van der Waals surface area contributed by atoms with Crippen molar-refractivity contribution >= 4 is 5.97 Å². The third kappa shape index (κ3) is 5.33. The lowest BCUT2D eigenvalue weighted by atomic mass is 10.4. The summed E-state index contributed by atoms with van der Waals surface area (Å²) >= 11 is 0. The van der Waals surface area contributed by atoms with Gasteiger partial charge in [-0.25, -0.2) is 4.39 Å². The van der Waals surface area contributed by atoms with Gasteiger partial charge in [-0.2, -0.15) is 13.2 Å². The molecule has 0 heterocycles. The van der Waals surface area contributed by atoms with Crippen molar-refractivity contribution in [1.82, 2.24) is 0 Å². The molecular weight excluding hydrogens is 156 g/mol. The molecule has 0 bridgehead atoms. The van der Waals surface area contributed by atoms with Crippen LogP contribution in [-0.2, 0) is 9.53 Å². The van der Waals surface area contributed by atoms with Crippen molar-refractivity contribution in [3.63, 3.8) is 0 Å². The van der Waals surface area contributed by atoms with E-state index in [1.807, 2.05) is 0 Å². The van der Waals surface area contributed by atoms with Crippen LogP contribution in [0, 0.1) is 0 Å². The molecule has 0 aromatic heterocycles. The van der Waals surface area contributed by atoms with Crippen molar-refractivity contribution in [3.05, 3.63) is 0 Å². The SMILES string of the molecule is O=C(CC(F)(F)F)OCF. The average molecular weight is 160 g/mol. The van der Waals surface area contributed by atoms with E-state index in [9.17, 15) is 22.4 Å². The molecule has 10 heavy (non-hydrogen) atoms. The van der Waals surface area contributed by atoms with Gasteiger partial charge < -0.3 is 4.74 Å². The highest BCUT2D eigenvalue weighted by Crippen LogP contribution is 2.19. The molecule has 0 N–H and O–H groups in total. The molecule has 0 atom stereocenters. The number of hydrogen-bond acceptors (Lipinski definition) is 2. The van der Waals surface area contributed by atoms with Crippen LogP contribution in [0.5, 0.6) is 0 Å². The second-order valence-electron chi connectivity index (χ2n) is 1.42. The second kappa shape index (κ2) is 3.38. The highest BCUT2D eigenvalue weighted by atomic mass is 19.4. The molecule has 0 saturated heterocycles. The van der Waals surface area contributed by atoms with Crippen molar-refractivity contribution in [2.24, 2.45) is 0 Å². The van der Waals surface area contributed by atoms with Crippen molar-refractivity contribution in [2.75, 3.05) is 6.86 Å². The second-order valence-corrected chi connectivity index (χ2v) is 1.42. The minimum absolute atomic E-state index is 1.52. The molecule has 0 aliphatic carbocycles. The Hall–Kier alpha value is -0.810. The number of carbonyl (C=O) groups excluding carboxylic acids is 1. The molecule has 0 fully saturated rings. The van der Waals surface area contributed by atoms with Crippen LogP contribution in [-0.4, -0.2) is 19.0 Å². The zero-order valence-electron chi connectivity index (χ0n) is 4.74. The van der Waals surface area contributed by atoms with Gasteiger partial charge in [-0.15, -0.1) is 0 Å². The lowest BCUT2D eigenvalue weighted by Gasteiger charge is -2.03. The summed E-state index contributed by atoms with van der Waals surface area (Å²) in [5.41, 5.74) is 0. The van der Waals surface area contributed by atoms with E-state index in [1.54, 1.807) is 0 Å². The van der Waals surface area contributed by atoms with E-state index in [0.29, 0.717) is 0 Å². The molecule has 0 unspecified atom stereocenters. The molecule has 0 rings (SSSR count). The maximum atomic E-state index is 11.2. The third-order valence-corrected chi connectivity index (χ3v) is 0.560. The largest absolute Gasteiger partial charge is 0.433 e. The minimum atomic E-state index is -4.62. The lowest BCUT2D eigenvalue weighted by molar-refractivity contribution is -0.174. The zero-order valence-corrected chi connectivity index (χ0v) is 4.74. The number of carbonyl (C=O) groups is 1. The molecule has 0 aliphatic heterocycles. The summed E-state index contributed by atoms with van der Waals surface area (Å²) in [5, 5.41) is 0. The first kappa shape index (κ1) is 9.19. The summed E-state index contributed by atoms with van der Waals surface area (Å²) in [6, 6.07) is 0. The van der Waals surface area contributed by atoms with Gasteiger partial charge in [0.1, 0.15) is 6.42 Å². The molecule has 0 radical (unpaired) electrons. The Morgan fingerprint density at radius 2 is 1.90 bits per heavy atom. The molecule has 6 heteroatoms. The molecular formula is C4H4F4O2. The predicted molar refractivity (Wildman–Crippen MR) is 22.7 cm³/mol. The Balaban J connectivity index is 3.58. The van der Waals surface area contributed by atoms with Crippen LogP contribution in [0.1, 0.15) is 6.42 Å². The van der Waals surface area contributed by atoms with Crippen molar-refractivity contribution in [3.8, 4) is 0 Å². The van der Waals surface area contributed by atoms with Gasteiger partial charge in [0.15, 0.2) is 0 Å². The van der Waals surface area contributed by atoms with Gasteiger partial charge in [-0.05, 0) is 0 Å². The number of esters is 1. The molecule has 60 valence electrons. The molecule has 2 nitrogen and oxygen atoms in total. The van der Waals surface area contributed by atoms with Crippen molar-refractivity contribution in [1.29, 1.82) is 0 Å². The van der Waals surface area contributed by atoms with Crippen LogP contribution in [0.25, 0.3) is 0 Å². The van der Waals surface area contributed by atoms with Gasteiger partial charge >= 0.3 is 12.1 Å². The summed E-state index contributed by atoms with van der Waals surface area (Å²) in [5.74, 6) is -1.60. The third-order valence-electron chi connectivity index (χ3n) is 0.560. The Morgan fingerprint density at radius 1 is 1.40 bits per heavy atom. The fourth-order valence-electron chi connectivity index (χ4n) is 0.276. The molecule has 0 amide bonds. The first-order chi connectivity index (χ1) is 4.45. The van der Waals surface area contributed by atoms with Crippen LogP contribution in [0.2, 0.25) is 0 Å². The Morgan fingerprint density at radius 3 is 2.20 bits per heavy atom. The van der Waals surface area contributed by atoms with E-state index in [0.717, 1.165) is 0 Å². The Kier molecular flexibility index (Phi) is 3.11. The number of hydrogen-bond donors (Lipinski definition) is 0. The molecule has 0 aromatic carbocycles. The van der Waals surface area contributed by atoms with Gasteiger partial charge in [-0.3, -0.25) is 4.79 Å². The standard InChI is InChI=1S/C4H4F4O2/c5-2-10-3(9)1-4(6,7)8/h1-2H2. The maximum absolute atomic E-state index is 11.2. The minimum Gasteiger partial charge on any atom is -0.433 e. The highest BCUT2D eigenvalue weighted by molar-refractivity contribution is 5.69. The summed E-state index contributed by atoms with van der Waals surface area (Å²) in [6.45, 7) is -1.52. The fourth-order valence-corrected chi connectivity index (χ4v) is 0.276. The normalized spacial score (nSPS) is 11.2. The van der Waals surface area contributed by atoms with Gasteiger partial charge in [0.05, 0.1) is 0 Å². The van der Waals surface area contributed by atoms with Crippen molar-refractivity contribution < 1.29 is 27.1 Å². The summed E-state index contributed by atoms with van der Waals surface area (Å²) in [7, 11) is 0. The van der Waals surface area contributed by atoms with Crippen LogP contribution in [0.15, 0.2) is 0 Å². The van der Waals surface area contributed by atoms with Crippen LogP contribution < -0.4 is 0 Å². The first-order valence-corrected chi connectivity index (χ1v) is 2.24. The van der Waals surface area contributed by atoms with Gasteiger partial charge in [0, 0.05) is 0 Å². The predicted octanol–water partition coefficient (Wildman–Crippen LogP) is 1.41. The lowest BCUT2D eigenvalue weighted by Crippen LogP contribution is -2.16. The quantitative estimate of drug-likeness (QED) is 0.451. The average Bonchev–Trinajstić information content (AvgIpc) is 1.59.